The van der Waals surface area contributed by atoms with Crippen molar-refractivity contribution in [2.45, 2.75) is 19.8 Å². The van der Waals surface area contributed by atoms with Crippen molar-refractivity contribution in [3.05, 3.63) is 29.1 Å². The standard InChI is InChI=1S/C16H19FN2O5/c1-9-12(4-3-11(17)13(9)15(22)24-2)18-16(23)19-7-5-10(6-8-19)14(20)21/h3-4,10H,5-8H2,1-2H3,(H,18,23)(H,20,21). The first-order valence-corrected chi connectivity index (χ1v) is 7.51. The van der Waals surface area contributed by atoms with E-state index in [2.05, 4.69) is 10.1 Å². The average Bonchev–Trinajstić information content (AvgIpc) is 2.57. The van der Waals surface area contributed by atoms with Gasteiger partial charge in [0.05, 0.1) is 13.0 Å². The molecule has 130 valence electrons. The number of carbonyl (C=O) groups is 3. The molecule has 2 rings (SSSR count). The number of ether oxygens (including phenoxy) is 1. The lowest BCUT2D eigenvalue weighted by atomic mass is 9.97. The topological polar surface area (TPSA) is 95.9 Å². The molecule has 0 unspecified atom stereocenters. The first kappa shape index (κ1) is 17.7. The van der Waals surface area contributed by atoms with Crippen LogP contribution in [0.2, 0.25) is 0 Å². The highest BCUT2D eigenvalue weighted by Crippen LogP contribution is 2.24. The molecule has 1 aromatic rings. The van der Waals surface area contributed by atoms with Crippen LogP contribution in [0.15, 0.2) is 12.1 Å². The van der Waals surface area contributed by atoms with Crippen molar-refractivity contribution in [2.75, 3.05) is 25.5 Å². The van der Waals surface area contributed by atoms with Crippen molar-refractivity contribution in [3.63, 3.8) is 0 Å². The number of urea groups is 1. The predicted octanol–water partition coefficient (Wildman–Crippen LogP) is 2.25. The quantitative estimate of drug-likeness (QED) is 0.824. The number of hydrogen-bond donors (Lipinski definition) is 2. The molecule has 7 nitrogen and oxygen atoms in total. The van der Waals surface area contributed by atoms with Gasteiger partial charge in [-0.25, -0.2) is 14.0 Å². The van der Waals surface area contributed by atoms with Crippen molar-refractivity contribution in [3.8, 4) is 0 Å². The Hall–Kier alpha value is -2.64. The fraction of sp³-hybridized carbons (Fsp3) is 0.438. The van der Waals surface area contributed by atoms with Crippen molar-refractivity contribution in [1.82, 2.24) is 4.90 Å². The van der Waals surface area contributed by atoms with Gasteiger partial charge in [0, 0.05) is 18.8 Å². The summed E-state index contributed by atoms with van der Waals surface area (Å²) in [5.74, 6) is -2.83. The fourth-order valence-corrected chi connectivity index (χ4v) is 2.69. The Morgan fingerprint density at radius 1 is 1.29 bits per heavy atom. The largest absolute Gasteiger partial charge is 0.481 e. The Morgan fingerprint density at radius 3 is 2.46 bits per heavy atom. The molecule has 1 saturated heterocycles. The number of benzene rings is 1. The van der Waals surface area contributed by atoms with Crippen molar-refractivity contribution >= 4 is 23.7 Å². The van der Waals surface area contributed by atoms with E-state index >= 15 is 0 Å². The number of hydrogen-bond acceptors (Lipinski definition) is 4. The molecule has 1 fully saturated rings. The third kappa shape index (κ3) is 3.64. The molecule has 0 aromatic heterocycles. The summed E-state index contributed by atoms with van der Waals surface area (Å²) in [7, 11) is 1.15. The van der Waals surface area contributed by atoms with Gasteiger partial charge in [-0.05, 0) is 37.5 Å². The van der Waals surface area contributed by atoms with E-state index in [0.717, 1.165) is 13.2 Å². The minimum absolute atomic E-state index is 0.222. The molecular formula is C16H19FN2O5. The molecular weight excluding hydrogens is 319 g/mol. The lowest BCUT2D eigenvalue weighted by Crippen LogP contribution is -2.42. The maximum atomic E-state index is 13.8. The van der Waals surface area contributed by atoms with E-state index in [0.29, 0.717) is 31.6 Å². The van der Waals surface area contributed by atoms with Gasteiger partial charge in [-0.2, -0.15) is 0 Å². The summed E-state index contributed by atoms with van der Waals surface area (Å²) in [4.78, 5) is 36.4. The van der Waals surface area contributed by atoms with Gasteiger partial charge in [0.2, 0.25) is 0 Å². The number of methoxy groups -OCH3 is 1. The zero-order valence-corrected chi connectivity index (χ0v) is 13.5. The number of carbonyl (C=O) groups excluding carboxylic acids is 2. The summed E-state index contributed by atoms with van der Waals surface area (Å²) in [5.41, 5.74) is 0.359. The van der Waals surface area contributed by atoms with E-state index in [1.807, 2.05) is 0 Å². The van der Waals surface area contributed by atoms with Crippen LogP contribution >= 0.6 is 0 Å². The fourth-order valence-electron chi connectivity index (χ4n) is 2.69. The molecule has 2 N–H and O–H groups in total. The van der Waals surface area contributed by atoms with Crippen molar-refractivity contribution in [1.29, 1.82) is 0 Å². The Labute approximate surface area is 138 Å². The number of esters is 1. The van der Waals surface area contributed by atoms with E-state index < -0.39 is 29.7 Å². The first-order valence-electron chi connectivity index (χ1n) is 7.51. The van der Waals surface area contributed by atoms with Crippen molar-refractivity contribution < 1.29 is 28.6 Å². The van der Waals surface area contributed by atoms with E-state index in [4.69, 9.17) is 5.11 Å². The normalized spacial score (nSPS) is 15.0. The molecule has 1 heterocycles. The Kier molecular flexibility index (Phi) is 5.38. The molecule has 0 spiro atoms. The molecule has 0 aliphatic carbocycles. The third-order valence-corrected chi connectivity index (χ3v) is 4.18. The third-order valence-electron chi connectivity index (χ3n) is 4.18. The van der Waals surface area contributed by atoms with Crippen LogP contribution in [0.1, 0.15) is 28.8 Å². The van der Waals surface area contributed by atoms with Crippen LogP contribution in [0.3, 0.4) is 0 Å². The summed E-state index contributed by atoms with van der Waals surface area (Å²) < 4.78 is 18.3. The van der Waals surface area contributed by atoms with Gasteiger partial charge in [-0.3, -0.25) is 4.79 Å². The molecule has 1 aliphatic rings. The second kappa shape index (κ2) is 7.29. The van der Waals surface area contributed by atoms with E-state index in [-0.39, 0.29) is 11.1 Å². The van der Waals surface area contributed by atoms with Gasteiger partial charge in [0.1, 0.15) is 11.4 Å². The Balaban J connectivity index is 2.10. The molecule has 0 bridgehead atoms. The number of piperidine rings is 1. The number of amides is 2. The lowest BCUT2D eigenvalue weighted by molar-refractivity contribution is -0.143. The number of nitrogens with zero attached hydrogens (tertiary/aromatic N) is 1. The number of nitrogens with one attached hydrogen (secondary N) is 1. The summed E-state index contributed by atoms with van der Waals surface area (Å²) >= 11 is 0. The van der Waals surface area contributed by atoms with Crippen molar-refractivity contribution in [2.24, 2.45) is 5.92 Å². The molecule has 0 radical (unpaired) electrons. The van der Waals surface area contributed by atoms with Crippen LogP contribution in [0.5, 0.6) is 0 Å². The van der Waals surface area contributed by atoms with E-state index in [1.165, 1.54) is 17.9 Å². The number of rotatable bonds is 3. The number of carboxylic acids is 1. The molecule has 1 aromatic carbocycles. The van der Waals surface area contributed by atoms with Crippen LogP contribution in [0, 0.1) is 18.7 Å². The first-order chi connectivity index (χ1) is 11.3. The highest BCUT2D eigenvalue weighted by molar-refractivity contribution is 5.96. The number of likely N-dealkylation sites (tertiary alicyclic amines) is 1. The van der Waals surface area contributed by atoms with E-state index in [9.17, 15) is 18.8 Å². The molecule has 2 amide bonds. The molecule has 24 heavy (non-hydrogen) atoms. The molecule has 0 atom stereocenters. The minimum atomic E-state index is -0.854. The number of halogens is 1. The summed E-state index contributed by atoms with van der Waals surface area (Å²) in [6.45, 7) is 2.17. The Bertz CT molecular complexity index is 669. The van der Waals surface area contributed by atoms with Crippen LogP contribution in [-0.4, -0.2) is 48.2 Å². The maximum absolute atomic E-state index is 13.8. The molecule has 0 saturated carbocycles. The van der Waals surface area contributed by atoms with Gasteiger partial charge in [0.15, 0.2) is 0 Å². The maximum Gasteiger partial charge on any atom is 0.341 e. The summed E-state index contributed by atoms with van der Waals surface area (Å²) in [6.07, 6.45) is 0.775. The number of carboxylic acid groups (broad SMARTS) is 1. The zero-order valence-electron chi connectivity index (χ0n) is 13.5. The second-order valence-corrected chi connectivity index (χ2v) is 5.62. The van der Waals surface area contributed by atoms with Crippen LogP contribution < -0.4 is 5.32 Å². The number of aliphatic carboxylic acids is 1. The van der Waals surface area contributed by atoms with Gasteiger partial charge >= 0.3 is 18.0 Å². The molecule has 8 heteroatoms. The predicted molar refractivity (Wildman–Crippen MR) is 83.4 cm³/mol. The lowest BCUT2D eigenvalue weighted by Gasteiger charge is -2.30. The van der Waals surface area contributed by atoms with Crippen LogP contribution in [-0.2, 0) is 9.53 Å². The Morgan fingerprint density at radius 2 is 1.92 bits per heavy atom. The van der Waals surface area contributed by atoms with Gasteiger partial charge < -0.3 is 20.1 Å². The monoisotopic (exact) mass is 338 g/mol. The zero-order chi connectivity index (χ0) is 17.9. The average molecular weight is 338 g/mol. The second-order valence-electron chi connectivity index (χ2n) is 5.62. The highest BCUT2D eigenvalue weighted by atomic mass is 19.1. The van der Waals surface area contributed by atoms with Crippen LogP contribution in [0.25, 0.3) is 0 Å². The smallest absolute Gasteiger partial charge is 0.341 e. The van der Waals surface area contributed by atoms with Crippen LogP contribution in [0.4, 0.5) is 14.9 Å². The van der Waals surface area contributed by atoms with E-state index in [1.54, 1.807) is 0 Å². The van der Waals surface area contributed by atoms with Gasteiger partial charge in [0.25, 0.3) is 0 Å². The SMILES string of the molecule is COC(=O)c1c(F)ccc(NC(=O)N2CCC(C(=O)O)CC2)c1C. The summed E-state index contributed by atoms with van der Waals surface area (Å²) in [5, 5.41) is 11.6. The number of anilines is 1. The summed E-state index contributed by atoms with van der Waals surface area (Å²) in [6, 6.07) is 2.05. The van der Waals surface area contributed by atoms with Gasteiger partial charge in [-0.15, -0.1) is 0 Å². The highest BCUT2D eigenvalue weighted by Gasteiger charge is 2.27. The minimum Gasteiger partial charge on any atom is -0.481 e. The molecule has 1 aliphatic heterocycles. The van der Waals surface area contributed by atoms with Gasteiger partial charge in [-0.1, -0.05) is 0 Å².